The van der Waals surface area contributed by atoms with Crippen molar-refractivity contribution < 1.29 is 9.53 Å². The summed E-state index contributed by atoms with van der Waals surface area (Å²) < 4.78 is 5.60. The Morgan fingerprint density at radius 3 is 2.37 bits per heavy atom. The van der Waals surface area contributed by atoms with Gasteiger partial charge in [-0.2, -0.15) is 0 Å². The molecule has 0 saturated carbocycles. The molecule has 0 atom stereocenters. The molecule has 0 fully saturated rings. The zero-order valence-electron chi connectivity index (χ0n) is 17.2. The van der Waals surface area contributed by atoms with E-state index in [1.807, 2.05) is 36.4 Å². The Morgan fingerprint density at radius 1 is 1.07 bits per heavy atom. The first-order valence-electron chi connectivity index (χ1n) is 9.54. The van der Waals surface area contributed by atoms with Crippen LogP contribution in [0.1, 0.15) is 44.4 Å². The molecule has 4 heteroatoms. The predicted octanol–water partition coefficient (Wildman–Crippen LogP) is 4.13. The molecule has 2 rings (SSSR count). The monoisotopic (exact) mass is 368 g/mol. The van der Waals surface area contributed by atoms with Crippen LogP contribution in [0.4, 0.5) is 0 Å². The van der Waals surface area contributed by atoms with Crippen molar-refractivity contribution in [2.75, 3.05) is 20.2 Å². The van der Waals surface area contributed by atoms with Gasteiger partial charge in [0.2, 0.25) is 0 Å². The van der Waals surface area contributed by atoms with Crippen molar-refractivity contribution in [1.82, 2.24) is 10.2 Å². The Balaban J connectivity index is 1.80. The van der Waals surface area contributed by atoms with Crippen LogP contribution in [0.25, 0.3) is 0 Å². The fourth-order valence-electron chi connectivity index (χ4n) is 2.71. The van der Waals surface area contributed by atoms with Gasteiger partial charge >= 0.3 is 0 Å². The fraction of sp³-hybridized carbons (Fsp3) is 0.435. The predicted molar refractivity (Wildman–Crippen MR) is 111 cm³/mol. The first kappa shape index (κ1) is 21.0. The van der Waals surface area contributed by atoms with Crippen molar-refractivity contribution in [3.05, 3.63) is 65.2 Å². The zero-order valence-corrected chi connectivity index (χ0v) is 17.2. The van der Waals surface area contributed by atoms with Crippen LogP contribution in [0, 0.1) is 0 Å². The number of nitrogens with one attached hydrogen (secondary N) is 1. The summed E-state index contributed by atoms with van der Waals surface area (Å²) in [7, 11) is 2.10. The number of rotatable bonds is 8. The minimum absolute atomic E-state index is 0.0210. The molecule has 0 aliphatic rings. The van der Waals surface area contributed by atoms with E-state index in [0.29, 0.717) is 12.3 Å². The van der Waals surface area contributed by atoms with Crippen LogP contribution >= 0.6 is 0 Å². The lowest BCUT2D eigenvalue weighted by Gasteiger charge is -2.19. The van der Waals surface area contributed by atoms with Gasteiger partial charge in [0.25, 0.3) is 5.91 Å². The van der Waals surface area contributed by atoms with Gasteiger partial charge in [-0.1, -0.05) is 64.1 Å². The summed E-state index contributed by atoms with van der Waals surface area (Å²) in [5.74, 6) is 0.591. The number of amides is 1. The maximum Gasteiger partial charge on any atom is 0.258 e. The minimum Gasteiger partial charge on any atom is -0.484 e. The van der Waals surface area contributed by atoms with Crippen LogP contribution in [0.3, 0.4) is 0 Å². The number of hydrogen-bond acceptors (Lipinski definition) is 3. The third-order valence-corrected chi connectivity index (χ3v) is 4.56. The fourth-order valence-corrected chi connectivity index (χ4v) is 2.71. The molecule has 27 heavy (non-hydrogen) atoms. The van der Waals surface area contributed by atoms with Gasteiger partial charge in [-0.15, -0.1) is 0 Å². The average molecular weight is 369 g/mol. The molecule has 0 bridgehead atoms. The maximum absolute atomic E-state index is 12.1. The van der Waals surface area contributed by atoms with Crippen LogP contribution in [-0.2, 0) is 23.3 Å². The summed E-state index contributed by atoms with van der Waals surface area (Å²) in [4.78, 5) is 14.3. The average Bonchev–Trinajstić information content (AvgIpc) is 2.64. The second kappa shape index (κ2) is 9.56. The summed E-state index contributed by atoms with van der Waals surface area (Å²) >= 11 is 0. The molecular weight excluding hydrogens is 336 g/mol. The first-order valence-corrected chi connectivity index (χ1v) is 9.54. The third kappa shape index (κ3) is 7.06. The van der Waals surface area contributed by atoms with Crippen LogP contribution in [0.15, 0.2) is 48.5 Å². The molecule has 1 N–H and O–H groups in total. The number of hydrogen-bond donors (Lipinski definition) is 1. The smallest absolute Gasteiger partial charge is 0.258 e. The Morgan fingerprint density at radius 2 is 1.74 bits per heavy atom. The van der Waals surface area contributed by atoms with E-state index in [0.717, 1.165) is 18.7 Å². The molecule has 146 valence electrons. The molecule has 0 aliphatic carbocycles. The van der Waals surface area contributed by atoms with Gasteiger partial charge in [0, 0.05) is 13.1 Å². The first-order chi connectivity index (χ1) is 12.8. The largest absolute Gasteiger partial charge is 0.484 e. The molecule has 4 nitrogen and oxygen atoms in total. The molecule has 0 spiro atoms. The molecule has 0 aromatic heterocycles. The molecule has 2 aromatic rings. The van der Waals surface area contributed by atoms with E-state index in [1.165, 1.54) is 11.1 Å². The lowest BCUT2D eigenvalue weighted by Crippen LogP contribution is -2.28. The Kier molecular flexibility index (Phi) is 7.43. The second-order valence-electron chi connectivity index (χ2n) is 7.99. The van der Waals surface area contributed by atoms with Gasteiger partial charge in [0.05, 0.1) is 0 Å². The molecule has 0 heterocycles. The summed E-state index contributed by atoms with van der Waals surface area (Å²) in [5, 5.41) is 2.92. The van der Waals surface area contributed by atoms with Gasteiger partial charge in [0.1, 0.15) is 5.75 Å². The number of carbonyl (C=O) groups excluding carboxylic acids is 1. The van der Waals surface area contributed by atoms with Crippen molar-refractivity contribution in [3.63, 3.8) is 0 Å². The molecule has 0 radical (unpaired) electrons. The van der Waals surface area contributed by atoms with E-state index in [-0.39, 0.29) is 17.9 Å². The second-order valence-corrected chi connectivity index (χ2v) is 7.99. The molecule has 0 unspecified atom stereocenters. The van der Waals surface area contributed by atoms with Crippen LogP contribution in [0.2, 0.25) is 0 Å². The lowest BCUT2D eigenvalue weighted by molar-refractivity contribution is -0.123. The van der Waals surface area contributed by atoms with Crippen LogP contribution < -0.4 is 10.1 Å². The van der Waals surface area contributed by atoms with Gasteiger partial charge in [-0.25, -0.2) is 0 Å². The number of carbonyl (C=O) groups is 1. The summed E-state index contributed by atoms with van der Waals surface area (Å²) in [5.41, 5.74) is 3.70. The summed E-state index contributed by atoms with van der Waals surface area (Å²) in [6.07, 6.45) is 0. The zero-order chi connectivity index (χ0) is 19.9. The Hall–Kier alpha value is -2.33. The van der Waals surface area contributed by atoms with Crippen LogP contribution in [0.5, 0.6) is 5.75 Å². The van der Waals surface area contributed by atoms with Crippen LogP contribution in [-0.4, -0.2) is 31.0 Å². The highest BCUT2D eigenvalue weighted by molar-refractivity contribution is 5.77. The third-order valence-electron chi connectivity index (χ3n) is 4.56. The molecule has 2 aromatic carbocycles. The van der Waals surface area contributed by atoms with Gasteiger partial charge in [0.15, 0.2) is 6.61 Å². The normalized spacial score (nSPS) is 11.5. The van der Waals surface area contributed by atoms with Gasteiger partial charge in [-0.05, 0) is 47.8 Å². The summed E-state index contributed by atoms with van der Waals surface area (Å²) in [6.45, 7) is 11.1. The molecule has 0 saturated heterocycles. The number of benzene rings is 2. The van der Waals surface area contributed by atoms with E-state index in [2.05, 4.69) is 57.1 Å². The highest BCUT2D eigenvalue weighted by Crippen LogP contribution is 2.24. The molecule has 1 amide bonds. The van der Waals surface area contributed by atoms with E-state index in [1.54, 1.807) is 0 Å². The van der Waals surface area contributed by atoms with Crippen molar-refractivity contribution in [2.24, 2.45) is 0 Å². The van der Waals surface area contributed by atoms with E-state index < -0.39 is 0 Å². The van der Waals surface area contributed by atoms with Gasteiger partial charge < -0.3 is 15.0 Å². The standard InChI is InChI=1S/C23H32N2O2/c1-6-25(5)16-19-9-7-8-18(14-19)15-24-22(26)17-27-21-12-10-20(11-13-21)23(2,3)4/h7-14H,6,15-17H2,1-5H3,(H,24,26). The topological polar surface area (TPSA) is 41.6 Å². The van der Waals surface area contributed by atoms with Crippen molar-refractivity contribution >= 4 is 5.91 Å². The SMILES string of the molecule is CCN(C)Cc1cccc(CNC(=O)COc2ccc(C(C)(C)C)cc2)c1. The van der Waals surface area contributed by atoms with E-state index in [9.17, 15) is 4.79 Å². The highest BCUT2D eigenvalue weighted by atomic mass is 16.5. The van der Waals surface area contributed by atoms with Crippen molar-refractivity contribution in [3.8, 4) is 5.75 Å². The molecule has 0 aliphatic heterocycles. The maximum atomic E-state index is 12.1. The Labute approximate surface area is 163 Å². The summed E-state index contributed by atoms with van der Waals surface area (Å²) in [6, 6.07) is 16.2. The lowest BCUT2D eigenvalue weighted by atomic mass is 9.87. The van der Waals surface area contributed by atoms with E-state index >= 15 is 0 Å². The van der Waals surface area contributed by atoms with E-state index in [4.69, 9.17) is 4.74 Å². The number of ether oxygens (including phenoxy) is 1. The van der Waals surface area contributed by atoms with Gasteiger partial charge in [-0.3, -0.25) is 4.79 Å². The number of nitrogens with zero attached hydrogens (tertiary/aromatic N) is 1. The Bertz CT molecular complexity index is 733. The minimum atomic E-state index is -0.119. The highest BCUT2D eigenvalue weighted by Gasteiger charge is 2.13. The van der Waals surface area contributed by atoms with Crippen molar-refractivity contribution in [2.45, 2.75) is 46.2 Å². The van der Waals surface area contributed by atoms with Crippen molar-refractivity contribution in [1.29, 1.82) is 0 Å². The molecular formula is C23H32N2O2. The quantitative estimate of drug-likeness (QED) is 0.762.